The molecule has 1 amide bonds. The normalized spacial score (nSPS) is 29.5. The topological polar surface area (TPSA) is 41.6 Å². The van der Waals surface area contributed by atoms with Gasteiger partial charge in [0.2, 0.25) is 5.91 Å². The molecule has 110 valence electrons. The summed E-state index contributed by atoms with van der Waals surface area (Å²) in [4.78, 5) is 14.5. The SMILES string of the molecule is CCC1COC(C)CN1C(=O)CCC1CCNCC1. The minimum absolute atomic E-state index is 0.186. The number of amides is 1. The molecule has 0 aliphatic carbocycles. The van der Waals surface area contributed by atoms with Crippen LogP contribution in [0.2, 0.25) is 0 Å². The molecule has 0 aromatic rings. The number of nitrogens with zero attached hydrogens (tertiary/aromatic N) is 1. The van der Waals surface area contributed by atoms with Crippen LogP contribution in [0.25, 0.3) is 0 Å². The van der Waals surface area contributed by atoms with Gasteiger partial charge >= 0.3 is 0 Å². The number of ether oxygens (including phenoxy) is 1. The van der Waals surface area contributed by atoms with Gasteiger partial charge in [-0.3, -0.25) is 4.79 Å². The van der Waals surface area contributed by atoms with E-state index in [0.717, 1.165) is 38.4 Å². The lowest BCUT2D eigenvalue weighted by Gasteiger charge is -2.38. The Morgan fingerprint density at radius 2 is 2.11 bits per heavy atom. The molecule has 0 bridgehead atoms. The summed E-state index contributed by atoms with van der Waals surface area (Å²) in [5, 5.41) is 3.38. The van der Waals surface area contributed by atoms with E-state index in [9.17, 15) is 4.79 Å². The molecule has 2 atom stereocenters. The van der Waals surface area contributed by atoms with E-state index >= 15 is 0 Å². The minimum Gasteiger partial charge on any atom is -0.375 e. The number of morpholine rings is 1. The Morgan fingerprint density at radius 3 is 2.79 bits per heavy atom. The lowest BCUT2D eigenvalue weighted by atomic mass is 9.93. The first kappa shape index (κ1) is 14.8. The van der Waals surface area contributed by atoms with Crippen molar-refractivity contribution in [2.75, 3.05) is 26.2 Å². The lowest BCUT2D eigenvalue weighted by Crippen LogP contribution is -2.51. The van der Waals surface area contributed by atoms with Crippen molar-refractivity contribution in [3.63, 3.8) is 0 Å². The smallest absolute Gasteiger partial charge is 0.222 e. The number of carbonyl (C=O) groups excluding carboxylic acids is 1. The monoisotopic (exact) mass is 268 g/mol. The number of hydrogen-bond donors (Lipinski definition) is 1. The van der Waals surface area contributed by atoms with E-state index in [4.69, 9.17) is 4.74 Å². The summed E-state index contributed by atoms with van der Waals surface area (Å²) >= 11 is 0. The zero-order chi connectivity index (χ0) is 13.7. The Bertz CT molecular complexity index is 290. The highest BCUT2D eigenvalue weighted by Gasteiger charge is 2.29. The molecule has 2 rings (SSSR count). The highest BCUT2D eigenvalue weighted by atomic mass is 16.5. The van der Waals surface area contributed by atoms with Crippen molar-refractivity contribution in [3.8, 4) is 0 Å². The minimum atomic E-state index is 0.186. The second-order valence-electron chi connectivity index (χ2n) is 5.98. The van der Waals surface area contributed by atoms with Gasteiger partial charge in [-0.1, -0.05) is 6.92 Å². The van der Waals surface area contributed by atoms with Gasteiger partial charge in [-0.15, -0.1) is 0 Å². The van der Waals surface area contributed by atoms with Crippen LogP contribution in [-0.2, 0) is 9.53 Å². The predicted molar refractivity (Wildman–Crippen MR) is 76.0 cm³/mol. The number of piperidine rings is 1. The molecule has 4 nitrogen and oxygen atoms in total. The average molecular weight is 268 g/mol. The van der Waals surface area contributed by atoms with Gasteiger partial charge in [-0.05, 0) is 51.6 Å². The zero-order valence-electron chi connectivity index (χ0n) is 12.4. The molecule has 19 heavy (non-hydrogen) atoms. The highest BCUT2D eigenvalue weighted by molar-refractivity contribution is 5.76. The summed E-state index contributed by atoms with van der Waals surface area (Å²) in [7, 11) is 0. The van der Waals surface area contributed by atoms with Crippen LogP contribution in [-0.4, -0.2) is 49.2 Å². The molecule has 0 aromatic heterocycles. The largest absolute Gasteiger partial charge is 0.375 e. The molecule has 0 aromatic carbocycles. The Balaban J connectivity index is 1.79. The van der Waals surface area contributed by atoms with Gasteiger partial charge in [-0.25, -0.2) is 0 Å². The Morgan fingerprint density at radius 1 is 1.37 bits per heavy atom. The second kappa shape index (κ2) is 7.25. The number of rotatable bonds is 4. The highest BCUT2D eigenvalue weighted by Crippen LogP contribution is 2.21. The molecule has 2 aliphatic rings. The van der Waals surface area contributed by atoms with E-state index in [-0.39, 0.29) is 12.1 Å². The molecule has 1 N–H and O–H groups in total. The maximum Gasteiger partial charge on any atom is 0.222 e. The van der Waals surface area contributed by atoms with E-state index in [2.05, 4.69) is 24.1 Å². The fourth-order valence-electron chi connectivity index (χ4n) is 3.13. The number of nitrogens with one attached hydrogen (secondary N) is 1. The molecule has 2 unspecified atom stereocenters. The van der Waals surface area contributed by atoms with Crippen molar-refractivity contribution < 1.29 is 9.53 Å². The summed E-state index contributed by atoms with van der Waals surface area (Å²) in [6, 6.07) is 0.289. The first-order valence-electron chi connectivity index (χ1n) is 7.82. The van der Waals surface area contributed by atoms with Crippen molar-refractivity contribution in [1.82, 2.24) is 10.2 Å². The second-order valence-corrected chi connectivity index (χ2v) is 5.98. The quantitative estimate of drug-likeness (QED) is 0.845. The van der Waals surface area contributed by atoms with E-state index in [1.165, 1.54) is 12.8 Å². The predicted octanol–water partition coefficient (Wildman–Crippen LogP) is 1.79. The fourth-order valence-corrected chi connectivity index (χ4v) is 3.13. The average Bonchev–Trinajstić information content (AvgIpc) is 2.46. The van der Waals surface area contributed by atoms with Gasteiger partial charge < -0.3 is 15.0 Å². The van der Waals surface area contributed by atoms with Crippen LogP contribution in [0.15, 0.2) is 0 Å². The van der Waals surface area contributed by atoms with Crippen LogP contribution in [0.5, 0.6) is 0 Å². The van der Waals surface area contributed by atoms with Crippen LogP contribution in [0.4, 0.5) is 0 Å². The third kappa shape index (κ3) is 4.18. The summed E-state index contributed by atoms with van der Waals surface area (Å²) in [5.74, 6) is 1.07. The molecule has 0 saturated carbocycles. The summed E-state index contributed by atoms with van der Waals surface area (Å²) in [5.41, 5.74) is 0. The van der Waals surface area contributed by atoms with E-state index in [1.54, 1.807) is 0 Å². The van der Waals surface area contributed by atoms with Crippen LogP contribution < -0.4 is 5.32 Å². The maximum atomic E-state index is 12.4. The number of carbonyl (C=O) groups is 1. The van der Waals surface area contributed by atoms with Gasteiger partial charge in [0.15, 0.2) is 0 Å². The molecular weight excluding hydrogens is 240 g/mol. The van der Waals surface area contributed by atoms with Crippen molar-refractivity contribution in [3.05, 3.63) is 0 Å². The van der Waals surface area contributed by atoms with Crippen LogP contribution in [0.3, 0.4) is 0 Å². The molecule has 0 radical (unpaired) electrons. The first-order chi connectivity index (χ1) is 9.20. The lowest BCUT2D eigenvalue weighted by molar-refractivity contribution is -0.144. The van der Waals surface area contributed by atoms with Crippen molar-refractivity contribution in [1.29, 1.82) is 0 Å². The summed E-state index contributed by atoms with van der Waals surface area (Å²) in [6.45, 7) is 7.90. The maximum absolute atomic E-state index is 12.4. The van der Waals surface area contributed by atoms with E-state index < -0.39 is 0 Å². The van der Waals surface area contributed by atoms with Crippen molar-refractivity contribution in [2.45, 2.75) is 58.1 Å². The molecular formula is C15H28N2O2. The Kier molecular flexibility index (Phi) is 5.64. The Hall–Kier alpha value is -0.610. The third-order valence-corrected chi connectivity index (χ3v) is 4.48. The van der Waals surface area contributed by atoms with E-state index in [1.807, 2.05) is 0 Å². The number of hydrogen-bond acceptors (Lipinski definition) is 3. The molecule has 0 spiro atoms. The molecule has 2 aliphatic heterocycles. The Labute approximate surface area is 116 Å². The van der Waals surface area contributed by atoms with Crippen LogP contribution in [0, 0.1) is 5.92 Å². The first-order valence-corrected chi connectivity index (χ1v) is 7.82. The van der Waals surface area contributed by atoms with Crippen molar-refractivity contribution >= 4 is 5.91 Å². The fraction of sp³-hybridized carbons (Fsp3) is 0.933. The third-order valence-electron chi connectivity index (χ3n) is 4.48. The molecule has 2 fully saturated rings. The van der Waals surface area contributed by atoms with Crippen LogP contribution in [0.1, 0.15) is 46.0 Å². The standard InChI is InChI=1S/C15H28N2O2/c1-3-14-11-19-12(2)10-17(14)15(18)5-4-13-6-8-16-9-7-13/h12-14,16H,3-11H2,1-2H3. The zero-order valence-corrected chi connectivity index (χ0v) is 12.4. The van der Waals surface area contributed by atoms with E-state index in [0.29, 0.717) is 18.9 Å². The van der Waals surface area contributed by atoms with Gasteiger partial charge in [0.05, 0.1) is 18.8 Å². The van der Waals surface area contributed by atoms with Gasteiger partial charge in [0.1, 0.15) is 0 Å². The van der Waals surface area contributed by atoms with Crippen molar-refractivity contribution in [2.24, 2.45) is 5.92 Å². The summed E-state index contributed by atoms with van der Waals surface area (Å²) in [6.07, 6.45) is 5.40. The molecule has 2 heterocycles. The van der Waals surface area contributed by atoms with Gasteiger partial charge in [0, 0.05) is 13.0 Å². The molecule has 4 heteroatoms. The van der Waals surface area contributed by atoms with Gasteiger partial charge in [-0.2, -0.15) is 0 Å². The molecule has 2 saturated heterocycles. The van der Waals surface area contributed by atoms with Gasteiger partial charge in [0.25, 0.3) is 0 Å². The van der Waals surface area contributed by atoms with Crippen LogP contribution >= 0.6 is 0 Å². The summed E-state index contributed by atoms with van der Waals surface area (Å²) < 4.78 is 5.65.